The lowest BCUT2D eigenvalue weighted by Crippen LogP contribution is -2.05. The number of aromatic nitrogens is 5. The van der Waals surface area contributed by atoms with Gasteiger partial charge in [0.05, 0.1) is 5.56 Å². The van der Waals surface area contributed by atoms with Crippen molar-refractivity contribution in [2.75, 3.05) is 0 Å². The van der Waals surface area contributed by atoms with Gasteiger partial charge in [-0.05, 0) is 13.8 Å². The van der Waals surface area contributed by atoms with Gasteiger partial charge in [-0.2, -0.15) is 4.68 Å². The van der Waals surface area contributed by atoms with E-state index in [0.29, 0.717) is 29.4 Å². The molecule has 0 unspecified atom stereocenters. The highest BCUT2D eigenvalue weighted by Gasteiger charge is 2.06. The molecule has 0 aromatic carbocycles. The van der Waals surface area contributed by atoms with Crippen molar-refractivity contribution in [1.29, 1.82) is 0 Å². The summed E-state index contributed by atoms with van der Waals surface area (Å²) < 4.78 is 1.53. The van der Waals surface area contributed by atoms with Crippen molar-refractivity contribution in [2.45, 2.75) is 13.8 Å². The molecule has 0 aliphatic heterocycles. The van der Waals surface area contributed by atoms with E-state index in [-0.39, 0.29) is 0 Å². The van der Waals surface area contributed by atoms with Crippen molar-refractivity contribution in [1.82, 2.24) is 24.7 Å². The molecule has 0 radical (unpaired) electrons. The van der Waals surface area contributed by atoms with E-state index in [1.165, 1.54) is 17.1 Å². The van der Waals surface area contributed by atoms with Gasteiger partial charge < -0.3 is 0 Å². The molecule has 0 fully saturated rings. The Labute approximate surface area is 86.0 Å². The predicted molar refractivity (Wildman–Crippen MR) is 51.8 cm³/mol. The fraction of sp³-hybridized carbons (Fsp3) is 0.222. The minimum absolute atomic E-state index is 0.415. The second-order valence-electron chi connectivity index (χ2n) is 3.05. The summed E-state index contributed by atoms with van der Waals surface area (Å²) in [6.45, 7) is 3.61. The average Bonchev–Trinajstić information content (AvgIpc) is 2.58. The molecule has 6 heteroatoms. The SMILES string of the molecule is Cc1nc(C)n(-c2ncc(C=O)cn2)n1. The van der Waals surface area contributed by atoms with E-state index in [1.54, 1.807) is 6.92 Å². The molecular weight excluding hydrogens is 194 g/mol. The first-order chi connectivity index (χ1) is 7.20. The van der Waals surface area contributed by atoms with Gasteiger partial charge in [-0.1, -0.05) is 0 Å². The summed E-state index contributed by atoms with van der Waals surface area (Å²) in [7, 11) is 0. The molecule has 2 aromatic rings. The van der Waals surface area contributed by atoms with E-state index < -0.39 is 0 Å². The van der Waals surface area contributed by atoms with Gasteiger partial charge in [-0.3, -0.25) is 4.79 Å². The van der Waals surface area contributed by atoms with Gasteiger partial charge in [-0.25, -0.2) is 15.0 Å². The Morgan fingerprint density at radius 1 is 1.27 bits per heavy atom. The summed E-state index contributed by atoms with van der Waals surface area (Å²) in [6, 6.07) is 0. The molecule has 6 nitrogen and oxygen atoms in total. The minimum Gasteiger partial charge on any atom is -0.298 e. The van der Waals surface area contributed by atoms with Crippen molar-refractivity contribution in [3.63, 3.8) is 0 Å². The first-order valence-corrected chi connectivity index (χ1v) is 4.38. The number of hydrogen-bond donors (Lipinski definition) is 0. The van der Waals surface area contributed by atoms with Crippen LogP contribution in [0.3, 0.4) is 0 Å². The van der Waals surface area contributed by atoms with E-state index in [1.807, 2.05) is 6.92 Å². The Hall–Kier alpha value is -2.11. The Morgan fingerprint density at radius 2 is 1.93 bits per heavy atom. The fourth-order valence-electron chi connectivity index (χ4n) is 1.21. The van der Waals surface area contributed by atoms with Crippen LogP contribution in [0.25, 0.3) is 5.95 Å². The molecule has 0 aliphatic carbocycles. The number of aryl methyl sites for hydroxylation is 2. The molecule has 0 atom stereocenters. The quantitative estimate of drug-likeness (QED) is 0.664. The molecule has 76 valence electrons. The lowest BCUT2D eigenvalue weighted by Gasteiger charge is -1.99. The largest absolute Gasteiger partial charge is 0.298 e. The van der Waals surface area contributed by atoms with Gasteiger partial charge in [0, 0.05) is 12.4 Å². The second kappa shape index (κ2) is 3.56. The third-order valence-electron chi connectivity index (χ3n) is 1.86. The molecule has 2 rings (SSSR count). The molecule has 0 amide bonds. The van der Waals surface area contributed by atoms with Crippen molar-refractivity contribution < 1.29 is 4.79 Å². The number of aldehydes is 1. The molecule has 0 spiro atoms. The number of hydrogen-bond acceptors (Lipinski definition) is 5. The number of nitrogens with zero attached hydrogens (tertiary/aromatic N) is 5. The molecule has 0 bridgehead atoms. The van der Waals surface area contributed by atoms with Crippen LogP contribution >= 0.6 is 0 Å². The van der Waals surface area contributed by atoms with E-state index in [0.717, 1.165) is 0 Å². The van der Waals surface area contributed by atoms with Crippen molar-refractivity contribution in [3.8, 4) is 5.95 Å². The normalized spacial score (nSPS) is 10.3. The van der Waals surface area contributed by atoms with Crippen LogP contribution < -0.4 is 0 Å². The standard InChI is InChI=1S/C9H9N5O/c1-6-12-7(2)14(13-6)9-10-3-8(5-15)4-11-9/h3-5H,1-2H3. The first-order valence-electron chi connectivity index (χ1n) is 4.38. The molecule has 0 aliphatic rings. The van der Waals surface area contributed by atoms with E-state index in [4.69, 9.17) is 0 Å². The number of carbonyl (C=O) groups is 1. The zero-order chi connectivity index (χ0) is 10.8. The summed E-state index contributed by atoms with van der Waals surface area (Å²) in [5, 5.41) is 4.13. The maximum absolute atomic E-state index is 10.4. The molecule has 0 saturated heterocycles. The van der Waals surface area contributed by atoms with Gasteiger partial charge in [-0.15, -0.1) is 5.10 Å². The summed E-state index contributed by atoms with van der Waals surface area (Å²) in [6.07, 6.45) is 3.60. The Balaban J connectivity index is 2.45. The zero-order valence-electron chi connectivity index (χ0n) is 8.38. The maximum Gasteiger partial charge on any atom is 0.252 e. The third kappa shape index (κ3) is 1.74. The summed E-state index contributed by atoms with van der Waals surface area (Å²) >= 11 is 0. The van der Waals surface area contributed by atoms with Gasteiger partial charge in [0.15, 0.2) is 6.29 Å². The molecule has 0 saturated carbocycles. The van der Waals surface area contributed by atoms with Crippen LogP contribution in [0, 0.1) is 13.8 Å². The first kappa shape index (κ1) is 9.45. The van der Waals surface area contributed by atoms with Crippen LogP contribution in [0.15, 0.2) is 12.4 Å². The summed E-state index contributed by atoms with van der Waals surface area (Å²) in [4.78, 5) is 22.6. The van der Waals surface area contributed by atoms with Gasteiger partial charge in [0.1, 0.15) is 11.6 Å². The highest BCUT2D eigenvalue weighted by atomic mass is 16.1. The second-order valence-corrected chi connectivity index (χ2v) is 3.05. The molecule has 0 N–H and O–H groups in total. The Bertz CT molecular complexity index is 488. The smallest absolute Gasteiger partial charge is 0.252 e. The van der Waals surface area contributed by atoms with Crippen molar-refractivity contribution >= 4 is 6.29 Å². The monoisotopic (exact) mass is 203 g/mol. The highest BCUT2D eigenvalue weighted by Crippen LogP contribution is 2.03. The fourth-order valence-corrected chi connectivity index (χ4v) is 1.21. The van der Waals surface area contributed by atoms with Gasteiger partial charge in [0.2, 0.25) is 0 Å². The topological polar surface area (TPSA) is 73.6 Å². The van der Waals surface area contributed by atoms with Crippen LogP contribution in [0.2, 0.25) is 0 Å². The number of carbonyl (C=O) groups excluding carboxylic acids is 1. The van der Waals surface area contributed by atoms with Crippen molar-refractivity contribution in [2.24, 2.45) is 0 Å². The van der Waals surface area contributed by atoms with Crippen molar-refractivity contribution in [3.05, 3.63) is 29.6 Å². The number of rotatable bonds is 2. The molecule has 2 aromatic heterocycles. The van der Waals surface area contributed by atoms with Gasteiger partial charge in [0.25, 0.3) is 5.95 Å². The maximum atomic E-state index is 10.4. The lowest BCUT2D eigenvalue weighted by atomic mass is 10.4. The van der Waals surface area contributed by atoms with Crippen LogP contribution in [-0.2, 0) is 0 Å². The van der Waals surface area contributed by atoms with Crippen LogP contribution in [0.5, 0.6) is 0 Å². The Kier molecular flexibility index (Phi) is 2.24. The van der Waals surface area contributed by atoms with E-state index >= 15 is 0 Å². The van der Waals surface area contributed by atoms with E-state index in [2.05, 4.69) is 20.1 Å². The molecule has 2 heterocycles. The summed E-state index contributed by atoms with van der Waals surface area (Å²) in [5.74, 6) is 1.79. The third-order valence-corrected chi connectivity index (χ3v) is 1.86. The highest BCUT2D eigenvalue weighted by molar-refractivity contribution is 5.73. The predicted octanol–water partition coefficient (Wildman–Crippen LogP) is 0.487. The molecule has 15 heavy (non-hydrogen) atoms. The zero-order valence-corrected chi connectivity index (χ0v) is 8.38. The van der Waals surface area contributed by atoms with E-state index in [9.17, 15) is 4.79 Å². The summed E-state index contributed by atoms with van der Waals surface area (Å²) in [5.41, 5.74) is 0.438. The van der Waals surface area contributed by atoms with Gasteiger partial charge >= 0.3 is 0 Å². The van der Waals surface area contributed by atoms with Crippen LogP contribution in [-0.4, -0.2) is 31.0 Å². The average molecular weight is 203 g/mol. The van der Waals surface area contributed by atoms with Crippen LogP contribution in [0.4, 0.5) is 0 Å². The molecular formula is C9H9N5O. The Morgan fingerprint density at radius 3 is 2.40 bits per heavy atom. The van der Waals surface area contributed by atoms with Crippen LogP contribution in [0.1, 0.15) is 22.0 Å². The minimum atomic E-state index is 0.415. The lowest BCUT2D eigenvalue weighted by molar-refractivity contribution is 0.112.